The van der Waals surface area contributed by atoms with Crippen molar-refractivity contribution in [3.8, 4) is 0 Å². The number of benzene rings is 1. The molecule has 0 atom stereocenters. The molecule has 4 rings (SSSR count). The molecule has 1 aliphatic heterocycles. The smallest absolute Gasteiger partial charge is 0.279 e. The molecule has 0 bridgehead atoms. The molecule has 1 fully saturated rings. The molecule has 0 unspecified atom stereocenters. The molecular formula is C17H16N6O2. The maximum absolute atomic E-state index is 12.4. The molecule has 0 aliphatic carbocycles. The van der Waals surface area contributed by atoms with E-state index in [4.69, 9.17) is 0 Å². The first-order valence-electron chi connectivity index (χ1n) is 8.00. The van der Waals surface area contributed by atoms with Gasteiger partial charge in [-0.2, -0.15) is 0 Å². The van der Waals surface area contributed by atoms with Gasteiger partial charge >= 0.3 is 0 Å². The summed E-state index contributed by atoms with van der Waals surface area (Å²) in [6.45, 7) is 2.46. The number of fused-ring (bicyclic) bond motifs is 1. The first kappa shape index (κ1) is 15.3. The van der Waals surface area contributed by atoms with Crippen LogP contribution in [0.1, 0.15) is 10.5 Å². The quantitative estimate of drug-likeness (QED) is 0.739. The van der Waals surface area contributed by atoms with E-state index < -0.39 is 5.56 Å². The van der Waals surface area contributed by atoms with Gasteiger partial charge in [0.1, 0.15) is 6.33 Å². The van der Waals surface area contributed by atoms with Crippen LogP contribution in [0, 0.1) is 0 Å². The first-order valence-corrected chi connectivity index (χ1v) is 8.00. The summed E-state index contributed by atoms with van der Waals surface area (Å²) in [4.78, 5) is 42.7. The Bertz CT molecular complexity index is 978. The second kappa shape index (κ2) is 6.31. The number of nitrogens with one attached hydrogen (secondary N) is 1. The fraction of sp³-hybridized carbons (Fsp3) is 0.235. The molecule has 8 heteroatoms. The van der Waals surface area contributed by atoms with E-state index in [0.29, 0.717) is 26.2 Å². The summed E-state index contributed by atoms with van der Waals surface area (Å²) < 4.78 is 0. The Balaban J connectivity index is 1.48. The van der Waals surface area contributed by atoms with Gasteiger partial charge in [0.25, 0.3) is 11.5 Å². The van der Waals surface area contributed by atoms with Gasteiger partial charge in [-0.15, -0.1) is 0 Å². The Morgan fingerprint density at radius 2 is 1.96 bits per heavy atom. The average Bonchev–Trinajstić information content (AvgIpc) is 2.67. The molecule has 8 nitrogen and oxygen atoms in total. The summed E-state index contributed by atoms with van der Waals surface area (Å²) in [5.74, 6) is -0.326. The van der Waals surface area contributed by atoms with Crippen LogP contribution < -0.4 is 10.5 Å². The van der Waals surface area contributed by atoms with E-state index in [0.717, 1.165) is 16.6 Å². The minimum atomic E-state index is -0.454. The fourth-order valence-electron chi connectivity index (χ4n) is 2.99. The summed E-state index contributed by atoms with van der Waals surface area (Å²) in [5, 5.41) is 0.985. The van der Waals surface area contributed by atoms with Crippen molar-refractivity contribution in [3.63, 3.8) is 0 Å². The molecule has 1 saturated heterocycles. The maximum atomic E-state index is 12.4. The number of carbonyl (C=O) groups excluding carboxylic acids is 1. The zero-order valence-corrected chi connectivity index (χ0v) is 13.4. The number of H-pyrrole nitrogens is 1. The first-order chi connectivity index (χ1) is 12.2. The van der Waals surface area contributed by atoms with Crippen LogP contribution in [-0.4, -0.2) is 56.9 Å². The average molecular weight is 336 g/mol. The van der Waals surface area contributed by atoms with E-state index in [1.165, 1.54) is 18.7 Å². The van der Waals surface area contributed by atoms with Gasteiger partial charge in [0.2, 0.25) is 0 Å². The molecule has 1 amide bonds. The van der Waals surface area contributed by atoms with Crippen molar-refractivity contribution in [1.29, 1.82) is 0 Å². The monoisotopic (exact) mass is 336 g/mol. The standard InChI is InChI=1S/C17H16N6O2/c24-16-15(19-3-4-20-16)17(25)23-7-5-22(6-8-23)13-1-2-14-12(9-13)10-18-11-21-14/h1-4,9-11H,5-8H2,(H,20,24). The van der Waals surface area contributed by atoms with E-state index in [9.17, 15) is 9.59 Å². The minimum absolute atomic E-state index is 0.0567. The molecule has 1 N–H and O–H groups in total. The van der Waals surface area contributed by atoms with Crippen molar-refractivity contribution >= 4 is 22.5 Å². The van der Waals surface area contributed by atoms with Gasteiger partial charge in [-0.3, -0.25) is 9.59 Å². The van der Waals surface area contributed by atoms with Crippen molar-refractivity contribution in [1.82, 2.24) is 24.8 Å². The van der Waals surface area contributed by atoms with Gasteiger partial charge < -0.3 is 14.8 Å². The lowest BCUT2D eigenvalue weighted by molar-refractivity contribution is 0.0739. The van der Waals surface area contributed by atoms with Crippen molar-refractivity contribution < 1.29 is 4.79 Å². The van der Waals surface area contributed by atoms with Gasteiger partial charge in [-0.05, 0) is 18.2 Å². The summed E-state index contributed by atoms with van der Waals surface area (Å²) in [7, 11) is 0. The van der Waals surface area contributed by atoms with Gasteiger partial charge in [-0.1, -0.05) is 0 Å². The van der Waals surface area contributed by atoms with Crippen LogP contribution in [0.15, 0.2) is 47.9 Å². The number of aromatic amines is 1. The lowest BCUT2D eigenvalue weighted by atomic mass is 10.2. The van der Waals surface area contributed by atoms with E-state index in [2.05, 4.69) is 30.9 Å². The number of rotatable bonds is 2. The Kier molecular flexibility index (Phi) is 3.85. The van der Waals surface area contributed by atoms with Gasteiger partial charge in [0.05, 0.1) is 5.52 Å². The topological polar surface area (TPSA) is 95.1 Å². The van der Waals surface area contributed by atoms with Gasteiger partial charge in [0.15, 0.2) is 5.69 Å². The molecule has 1 aliphatic rings. The number of hydrogen-bond acceptors (Lipinski definition) is 6. The van der Waals surface area contributed by atoms with E-state index in [1.54, 1.807) is 11.1 Å². The second-order valence-electron chi connectivity index (χ2n) is 5.81. The predicted molar refractivity (Wildman–Crippen MR) is 92.5 cm³/mol. The van der Waals surface area contributed by atoms with Crippen LogP contribution in [0.2, 0.25) is 0 Å². The van der Waals surface area contributed by atoms with E-state index in [1.807, 2.05) is 12.1 Å². The number of carbonyl (C=O) groups is 1. The van der Waals surface area contributed by atoms with Crippen LogP contribution in [0.4, 0.5) is 5.69 Å². The summed E-state index contributed by atoms with van der Waals surface area (Å²) in [5.41, 5.74) is 1.47. The Hall–Kier alpha value is -3.29. The third kappa shape index (κ3) is 2.93. The summed E-state index contributed by atoms with van der Waals surface area (Å²) in [6.07, 6.45) is 6.16. The van der Waals surface area contributed by atoms with Gasteiger partial charge in [0, 0.05) is 55.8 Å². The lowest BCUT2D eigenvalue weighted by Gasteiger charge is -2.35. The van der Waals surface area contributed by atoms with Crippen molar-refractivity contribution in [2.75, 3.05) is 31.1 Å². The number of piperazine rings is 1. The molecule has 1 aromatic carbocycles. The molecule has 126 valence electrons. The maximum Gasteiger partial charge on any atom is 0.279 e. The highest BCUT2D eigenvalue weighted by Gasteiger charge is 2.24. The number of hydrogen-bond donors (Lipinski definition) is 1. The van der Waals surface area contributed by atoms with Crippen LogP contribution in [0.25, 0.3) is 10.9 Å². The highest BCUT2D eigenvalue weighted by atomic mass is 16.2. The molecule has 2 aromatic heterocycles. The Labute approximate surface area is 143 Å². The highest BCUT2D eigenvalue weighted by molar-refractivity contribution is 5.92. The number of nitrogens with zero attached hydrogens (tertiary/aromatic N) is 5. The number of aromatic nitrogens is 4. The molecular weight excluding hydrogens is 320 g/mol. The Morgan fingerprint density at radius 3 is 2.76 bits per heavy atom. The SMILES string of the molecule is O=C(c1ncc[nH]c1=O)N1CCN(c2ccc3ncncc3c2)CC1. The predicted octanol–water partition coefficient (Wildman–Crippen LogP) is 0.675. The normalized spacial score (nSPS) is 14.7. The second-order valence-corrected chi connectivity index (χ2v) is 5.81. The fourth-order valence-corrected chi connectivity index (χ4v) is 2.99. The number of anilines is 1. The summed E-state index contributed by atoms with van der Waals surface area (Å²) >= 11 is 0. The van der Waals surface area contributed by atoms with E-state index >= 15 is 0 Å². The lowest BCUT2D eigenvalue weighted by Crippen LogP contribution is -2.49. The van der Waals surface area contributed by atoms with Gasteiger partial charge in [-0.25, -0.2) is 15.0 Å². The molecule has 3 aromatic rings. The highest BCUT2D eigenvalue weighted by Crippen LogP contribution is 2.21. The molecule has 0 radical (unpaired) electrons. The van der Waals surface area contributed by atoms with E-state index in [-0.39, 0.29) is 11.6 Å². The van der Waals surface area contributed by atoms with Crippen LogP contribution in [-0.2, 0) is 0 Å². The zero-order valence-electron chi connectivity index (χ0n) is 13.4. The van der Waals surface area contributed by atoms with Crippen LogP contribution in [0.3, 0.4) is 0 Å². The summed E-state index contributed by atoms with van der Waals surface area (Å²) in [6, 6.07) is 6.05. The zero-order chi connectivity index (χ0) is 17.2. The Morgan fingerprint density at radius 1 is 1.12 bits per heavy atom. The third-order valence-electron chi connectivity index (χ3n) is 4.33. The largest absolute Gasteiger partial charge is 0.368 e. The van der Waals surface area contributed by atoms with Crippen molar-refractivity contribution in [2.24, 2.45) is 0 Å². The molecule has 3 heterocycles. The minimum Gasteiger partial charge on any atom is -0.368 e. The molecule has 0 saturated carbocycles. The molecule has 0 spiro atoms. The van der Waals surface area contributed by atoms with Crippen LogP contribution in [0.5, 0.6) is 0 Å². The van der Waals surface area contributed by atoms with Crippen molar-refractivity contribution in [2.45, 2.75) is 0 Å². The number of amides is 1. The third-order valence-corrected chi connectivity index (χ3v) is 4.33. The van der Waals surface area contributed by atoms with Crippen molar-refractivity contribution in [3.05, 3.63) is 59.2 Å². The molecule has 25 heavy (non-hydrogen) atoms. The van der Waals surface area contributed by atoms with Crippen LogP contribution >= 0.6 is 0 Å².